The number of likely N-dealkylation sites (N-methyl/N-ethyl adjacent to an activating group) is 1. The first-order chi connectivity index (χ1) is 20.4. The Kier molecular flexibility index (Phi) is 8.19. The largest absolute Gasteiger partial charge is 0.613 e. The zero-order valence-electron chi connectivity index (χ0n) is 27.6. The van der Waals surface area contributed by atoms with Gasteiger partial charge in [-0.05, 0) is 31.6 Å². The SMILES string of the molecule is C/C(=C\[P+]1([O-])Oc2c(cc(C)cc2C(C)(C)C)Cc2cc(C)cc(C(C)(C)C)c2O1)N(C)CCn1cnc2c(N)ncnc21. The Morgan fingerprint density at radius 3 is 2.02 bits per heavy atom. The van der Waals surface area contributed by atoms with E-state index < -0.39 is 7.94 Å². The van der Waals surface area contributed by atoms with E-state index in [1.165, 1.54) is 6.33 Å². The lowest BCUT2D eigenvalue weighted by molar-refractivity contribution is -0.198. The molecule has 0 bridgehead atoms. The molecule has 1 aliphatic rings. The van der Waals surface area contributed by atoms with Crippen LogP contribution in [0.2, 0.25) is 0 Å². The summed E-state index contributed by atoms with van der Waals surface area (Å²) in [5.74, 6) is 3.30. The summed E-state index contributed by atoms with van der Waals surface area (Å²) in [7, 11) is -1.91. The van der Waals surface area contributed by atoms with Crippen LogP contribution in [-0.4, -0.2) is 38.0 Å². The maximum atomic E-state index is 15.0. The Bertz CT molecular complexity index is 1680. The number of benzene rings is 2. The van der Waals surface area contributed by atoms with Gasteiger partial charge < -0.3 is 29.1 Å². The van der Waals surface area contributed by atoms with Crippen LogP contribution in [0.25, 0.3) is 11.2 Å². The van der Waals surface area contributed by atoms with Gasteiger partial charge in [0.15, 0.2) is 23.0 Å². The summed E-state index contributed by atoms with van der Waals surface area (Å²) in [5.41, 5.74) is 13.9. The molecule has 1 aliphatic heterocycles. The fraction of sp³-hybridized carbons (Fsp3) is 0.441. The van der Waals surface area contributed by atoms with Crippen LogP contribution < -0.4 is 19.7 Å². The van der Waals surface area contributed by atoms with Crippen molar-refractivity contribution in [3.63, 3.8) is 0 Å². The van der Waals surface area contributed by atoms with Crippen LogP contribution in [0.5, 0.6) is 11.5 Å². The van der Waals surface area contributed by atoms with E-state index in [0.29, 0.717) is 48.0 Å². The van der Waals surface area contributed by atoms with Crippen molar-refractivity contribution in [2.45, 2.75) is 86.1 Å². The minimum atomic E-state index is -3.87. The van der Waals surface area contributed by atoms with Crippen LogP contribution in [0.15, 0.2) is 48.4 Å². The van der Waals surface area contributed by atoms with Crippen molar-refractivity contribution in [2.24, 2.45) is 0 Å². The number of allylic oxidation sites excluding steroid dienone is 1. The first-order valence-corrected chi connectivity index (χ1v) is 16.7. The maximum Gasteiger partial charge on any atom is 0.360 e. The predicted octanol–water partition coefficient (Wildman–Crippen LogP) is 6.60. The molecule has 0 fully saturated rings. The summed E-state index contributed by atoms with van der Waals surface area (Å²) >= 11 is 0. The highest BCUT2D eigenvalue weighted by molar-refractivity contribution is 7.63. The average molecular weight is 617 g/mol. The molecule has 10 heteroatoms. The lowest BCUT2D eigenvalue weighted by Gasteiger charge is -2.35. The van der Waals surface area contributed by atoms with E-state index in [2.05, 4.69) is 94.6 Å². The molecule has 0 radical (unpaired) electrons. The fourth-order valence-electron chi connectivity index (χ4n) is 5.64. The lowest BCUT2D eigenvalue weighted by Crippen LogP contribution is -2.28. The Balaban J connectivity index is 1.58. The van der Waals surface area contributed by atoms with Crippen LogP contribution in [0.3, 0.4) is 0 Å². The Labute approximate surface area is 261 Å². The second-order valence-electron chi connectivity index (χ2n) is 14.1. The zero-order valence-corrected chi connectivity index (χ0v) is 28.5. The molecule has 4 aromatic rings. The highest BCUT2D eigenvalue weighted by Crippen LogP contribution is 2.60. The Hall–Kier alpha value is -3.68. The van der Waals surface area contributed by atoms with Crippen molar-refractivity contribution in [3.8, 4) is 11.5 Å². The third-order valence-corrected chi connectivity index (χ3v) is 9.67. The molecular weight excluding hydrogens is 571 g/mol. The second-order valence-corrected chi connectivity index (χ2v) is 15.8. The van der Waals surface area contributed by atoms with Crippen LogP contribution in [0, 0.1) is 13.8 Å². The number of nitrogens with two attached hydrogens (primary N) is 1. The van der Waals surface area contributed by atoms with Gasteiger partial charge in [-0.25, -0.2) is 15.0 Å². The standard InChI is InChI=1S/C34H45N6O3P/c1-21-13-24-17-25-14-22(2)16-27(34(7,8)9)30(25)43-44(41,42-29(24)26(15-21)33(4,5)6)18-23(3)39(10)11-12-40-20-38-28-31(35)36-19-37-32(28)40/h13-16,18-20H,11-12,17H2,1-10H3,(H2,35,36,37)/b23-18+. The van der Waals surface area contributed by atoms with Crippen molar-refractivity contribution in [1.82, 2.24) is 24.4 Å². The summed E-state index contributed by atoms with van der Waals surface area (Å²) in [5, 5.41) is 0. The monoisotopic (exact) mass is 616 g/mol. The van der Waals surface area contributed by atoms with Crippen LogP contribution >= 0.6 is 7.94 Å². The topological polar surface area (TPSA) is 114 Å². The van der Waals surface area contributed by atoms with Crippen molar-refractivity contribution >= 4 is 24.9 Å². The van der Waals surface area contributed by atoms with Gasteiger partial charge in [0.1, 0.15) is 17.7 Å². The van der Waals surface area contributed by atoms with Crippen LogP contribution in [-0.2, 0) is 23.8 Å². The molecule has 234 valence electrons. The first-order valence-electron chi connectivity index (χ1n) is 15.0. The maximum absolute atomic E-state index is 15.0. The molecule has 0 amide bonds. The molecule has 3 heterocycles. The molecule has 5 rings (SSSR count). The number of hydrogen-bond donors (Lipinski definition) is 1. The van der Waals surface area contributed by atoms with E-state index in [-0.39, 0.29) is 10.8 Å². The van der Waals surface area contributed by atoms with E-state index in [1.54, 1.807) is 12.1 Å². The average Bonchev–Trinajstić information content (AvgIpc) is 3.32. The van der Waals surface area contributed by atoms with E-state index >= 15 is 4.89 Å². The molecule has 2 aromatic heterocycles. The highest BCUT2D eigenvalue weighted by Gasteiger charge is 2.40. The zero-order chi connectivity index (χ0) is 32.2. The summed E-state index contributed by atoms with van der Waals surface area (Å²) in [6.45, 7) is 20.2. The molecule has 0 spiro atoms. The van der Waals surface area contributed by atoms with Gasteiger partial charge in [0.25, 0.3) is 0 Å². The molecule has 0 atom stereocenters. The third-order valence-electron chi connectivity index (χ3n) is 8.11. The molecule has 0 unspecified atom stereocenters. The number of anilines is 1. The number of hydrogen-bond acceptors (Lipinski definition) is 8. The number of aromatic nitrogens is 4. The van der Waals surface area contributed by atoms with E-state index in [0.717, 1.165) is 39.1 Å². The van der Waals surface area contributed by atoms with Crippen LogP contribution in [0.4, 0.5) is 5.82 Å². The molecule has 2 aromatic carbocycles. The highest BCUT2D eigenvalue weighted by atomic mass is 31.2. The molecule has 44 heavy (non-hydrogen) atoms. The van der Waals surface area contributed by atoms with Gasteiger partial charge in [-0.15, -0.1) is 0 Å². The molecule has 9 nitrogen and oxygen atoms in total. The second kappa shape index (κ2) is 11.4. The van der Waals surface area contributed by atoms with Crippen molar-refractivity contribution in [3.05, 3.63) is 81.8 Å². The molecule has 0 saturated carbocycles. The van der Waals surface area contributed by atoms with Gasteiger partial charge in [0.2, 0.25) is 0 Å². The molecule has 2 N–H and O–H groups in total. The Morgan fingerprint density at radius 2 is 1.50 bits per heavy atom. The number of nitrogen functional groups attached to an aromatic ring is 1. The normalized spacial score (nSPS) is 15.1. The number of imidazole rings is 1. The van der Waals surface area contributed by atoms with Gasteiger partial charge in [-0.1, -0.05) is 76.9 Å². The van der Waals surface area contributed by atoms with Crippen molar-refractivity contribution < 1.29 is 13.9 Å². The van der Waals surface area contributed by atoms with Gasteiger partial charge in [0.05, 0.1) is 12.0 Å². The van der Waals surface area contributed by atoms with Gasteiger partial charge in [-0.3, -0.25) is 0 Å². The van der Waals surface area contributed by atoms with E-state index in [1.807, 2.05) is 23.4 Å². The number of nitrogens with zero attached hydrogens (tertiary/aromatic N) is 5. The summed E-state index contributed by atoms with van der Waals surface area (Å²) < 4.78 is 15.2. The molecule has 0 saturated heterocycles. The van der Waals surface area contributed by atoms with Gasteiger partial charge >= 0.3 is 7.94 Å². The minimum Gasteiger partial charge on any atom is -0.613 e. The van der Waals surface area contributed by atoms with E-state index in [4.69, 9.17) is 14.8 Å². The quantitative estimate of drug-likeness (QED) is 0.250. The number of fused-ring (bicyclic) bond motifs is 3. The van der Waals surface area contributed by atoms with Crippen molar-refractivity contribution in [2.75, 3.05) is 19.3 Å². The van der Waals surface area contributed by atoms with Crippen LogP contribution in [0.1, 0.15) is 81.8 Å². The number of aryl methyl sites for hydroxylation is 2. The van der Waals surface area contributed by atoms with Gasteiger partial charge in [0, 0.05) is 48.8 Å². The molecule has 0 aliphatic carbocycles. The summed E-state index contributed by atoms with van der Waals surface area (Å²) in [4.78, 5) is 29.8. The third kappa shape index (κ3) is 6.40. The summed E-state index contributed by atoms with van der Waals surface area (Å²) in [6, 6.07) is 8.57. The van der Waals surface area contributed by atoms with Gasteiger partial charge in [-0.2, -0.15) is 0 Å². The number of rotatable bonds is 5. The fourth-order valence-corrected chi connectivity index (χ4v) is 7.38. The minimum absolute atomic E-state index is 0.234. The van der Waals surface area contributed by atoms with E-state index in [9.17, 15) is 0 Å². The Morgan fingerprint density at radius 1 is 0.955 bits per heavy atom. The van der Waals surface area contributed by atoms with Crippen molar-refractivity contribution in [1.29, 1.82) is 0 Å². The molecular formula is C34H45N6O3P. The first kappa shape index (κ1) is 31.7. The lowest BCUT2D eigenvalue weighted by atomic mass is 9.81. The smallest absolute Gasteiger partial charge is 0.360 e. The predicted molar refractivity (Wildman–Crippen MR) is 177 cm³/mol. The summed E-state index contributed by atoms with van der Waals surface area (Å²) in [6.07, 6.45) is 3.78.